The van der Waals surface area contributed by atoms with Crippen LogP contribution in [0.2, 0.25) is 0 Å². The molecule has 7 heteroatoms. The summed E-state index contributed by atoms with van der Waals surface area (Å²) in [6.45, 7) is 4.44. The molecule has 1 unspecified atom stereocenters. The average Bonchev–Trinajstić information content (AvgIpc) is 2.55. The predicted molar refractivity (Wildman–Crippen MR) is 91.7 cm³/mol. The van der Waals surface area contributed by atoms with Gasteiger partial charge in [-0.1, -0.05) is 42.1 Å². The van der Waals surface area contributed by atoms with Gasteiger partial charge in [-0.05, 0) is 19.4 Å². The van der Waals surface area contributed by atoms with Crippen LogP contribution in [0.5, 0.6) is 0 Å². The highest BCUT2D eigenvalue weighted by atomic mass is 32.2. The Kier molecular flexibility index (Phi) is 7.02. The number of H-pyrrole nitrogens is 1. The SMILES string of the molecule is CCOC(=O)C(C)Sc1nc(COCc2ccccc2)cc(=O)[nH]1. The van der Waals surface area contributed by atoms with E-state index in [2.05, 4.69) is 9.97 Å². The van der Waals surface area contributed by atoms with Crippen molar-refractivity contribution in [2.45, 2.75) is 37.5 Å². The van der Waals surface area contributed by atoms with Crippen LogP contribution in [0.15, 0.2) is 46.3 Å². The summed E-state index contributed by atoms with van der Waals surface area (Å²) in [7, 11) is 0. The van der Waals surface area contributed by atoms with Gasteiger partial charge in [0, 0.05) is 6.07 Å². The second kappa shape index (κ2) is 9.24. The van der Waals surface area contributed by atoms with E-state index in [1.165, 1.54) is 6.07 Å². The lowest BCUT2D eigenvalue weighted by Gasteiger charge is -2.10. The van der Waals surface area contributed by atoms with Gasteiger partial charge in [-0.3, -0.25) is 9.59 Å². The number of carbonyl (C=O) groups is 1. The third kappa shape index (κ3) is 5.82. The maximum Gasteiger partial charge on any atom is 0.319 e. The van der Waals surface area contributed by atoms with Gasteiger partial charge in [0.05, 0.1) is 25.5 Å². The van der Waals surface area contributed by atoms with Crippen LogP contribution in [0.4, 0.5) is 0 Å². The molecule has 1 heterocycles. The number of carbonyl (C=O) groups excluding carboxylic acids is 1. The van der Waals surface area contributed by atoms with Crippen LogP contribution in [0.3, 0.4) is 0 Å². The first-order valence-electron chi connectivity index (χ1n) is 7.63. The van der Waals surface area contributed by atoms with Crippen molar-refractivity contribution in [2.75, 3.05) is 6.61 Å². The molecule has 1 aromatic heterocycles. The zero-order valence-electron chi connectivity index (χ0n) is 13.7. The molecule has 0 bridgehead atoms. The summed E-state index contributed by atoms with van der Waals surface area (Å²) < 4.78 is 10.5. The highest BCUT2D eigenvalue weighted by Gasteiger charge is 2.17. The third-order valence-corrected chi connectivity index (χ3v) is 4.00. The van der Waals surface area contributed by atoms with Crippen molar-refractivity contribution in [3.63, 3.8) is 0 Å². The molecule has 6 nitrogen and oxygen atoms in total. The maximum absolute atomic E-state index is 11.7. The molecule has 0 fully saturated rings. The maximum atomic E-state index is 11.7. The van der Waals surface area contributed by atoms with E-state index in [-0.39, 0.29) is 18.1 Å². The van der Waals surface area contributed by atoms with Crippen LogP contribution in [-0.4, -0.2) is 27.8 Å². The number of rotatable bonds is 8. The molecule has 2 aromatic rings. The minimum absolute atomic E-state index is 0.222. The molecule has 1 atom stereocenters. The molecule has 0 saturated carbocycles. The summed E-state index contributed by atoms with van der Waals surface area (Å²) in [6, 6.07) is 11.1. The van der Waals surface area contributed by atoms with Crippen molar-refractivity contribution in [3.05, 3.63) is 58.0 Å². The van der Waals surface area contributed by atoms with E-state index < -0.39 is 5.25 Å². The number of benzene rings is 1. The Bertz CT molecular complexity index is 718. The van der Waals surface area contributed by atoms with Crippen LogP contribution in [0.25, 0.3) is 0 Å². The van der Waals surface area contributed by atoms with Crippen LogP contribution >= 0.6 is 11.8 Å². The number of esters is 1. The summed E-state index contributed by atoms with van der Waals surface area (Å²) in [5.41, 5.74) is 1.29. The summed E-state index contributed by atoms with van der Waals surface area (Å²) >= 11 is 1.15. The number of ether oxygens (including phenoxy) is 2. The number of aromatic nitrogens is 2. The minimum Gasteiger partial charge on any atom is -0.465 e. The fourth-order valence-electron chi connectivity index (χ4n) is 1.94. The number of nitrogens with zero attached hydrogens (tertiary/aromatic N) is 1. The monoisotopic (exact) mass is 348 g/mol. The number of nitrogens with one attached hydrogen (secondary N) is 1. The van der Waals surface area contributed by atoms with E-state index in [1.54, 1.807) is 13.8 Å². The average molecular weight is 348 g/mol. The summed E-state index contributed by atoms with van der Waals surface area (Å²) in [6.07, 6.45) is 0. The first-order chi connectivity index (χ1) is 11.6. The lowest BCUT2D eigenvalue weighted by Crippen LogP contribution is -2.18. The van der Waals surface area contributed by atoms with Crippen molar-refractivity contribution >= 4 is 17.7 Å². The zero-order valence-corrected chi connectivity index (χ0v) is 14.5. The Hall–Kier alpha value is -2.12. The van der Waals surface area contributed by atoms with E-state index in [1.807, 2.05) is 30.3 Å². The van der Waals surface area contributed by atoms with Gasteiger partial charge in [0.15, 0.2) is 5.16 Å². The molecule has 2 rings (SSSR count). The van der Waals surface area contributed by atoms with Gasteiger partial charge in [0.25, 0.3) is 5.56 Å². The van der Waals surface area contributed by atoms with Crippen LogP contribution < -0.4 is 5.56 Å². The largest absolute Gasteiger partial charge is 0.465 e. The predicted octanol–water partition coefficient (Wildman–Crippen LogP) is 2.53. The third-order valence-electron chi connectivity index (χ3n) is 3.04. The number of thioether (sulfide) groups is 1. The molecule has 1 N–H and O–H groups in total. The molecule has 0 spiro atoms. The van der Waals surface area contributed by atoms with Crippen molar-refractivity contribution < 1.29 is 14.3 Å². The second-order valence-corrected chi connectivity index (χ2v) is 6.36. The summed E-state index contributed by atoms with van der Waals surface area (Å²) in [5.74, 6) is -0.337. The summed E-state index contributed by atoms with van der Waals surface area (Å²) in [5, 5.41) is -0.0741. The lowest BCUT2D eigenvalue weighted by molar-refractivity contribution is -0.142. The Balaban J connectivity index is 1.95. The Morgan fingerprint density at radius 2 is 2.04 bits per heavy atom. The second-order valence-electron chi connectivity index (χ2n) is 5.03. The van der Waals surface area contributed by atoms with E-state index in [9.17, 15) is 9.59 Å². The fraction of sp³-hybridized carbons (Fsp3) is 0.353. The van der Waals surface area contributed by atoms with Crippen molar-refractivity contribution in [1.29, 1.82) is 0 Å². The van der Waals surface area contributed by atoms with E-state index in [0.29, 0.717) is 24.1 Å². The number of aromatic amines is 1. The molecule has 0 aliphatic carbocycles. The quantitative estimate of drug-likeness (QED) is 0.448. The van der Waals surface area contributed by atoms with Crippen LogP contribution in [0, 0.1) is 0 Å². The Labute approximate surface area is 144 Å². The van der Waals surface area contributed by atoms with Crippen molar-refractivity contribution in [3.8, 4) is 0 Å². The minimum atomic E-state index is -0.450. The number of hydrogen-bond donors (Lipinski definition) is 1. The van der Waals surface area contributed by atoms with E-state index in [4.69, 9.17) is 9.47 Å². The summed E-state index contributed by atoms with van der Waals surface area (Å²) in [4.78, 5) is 30.3. The van der Waals surface area contributed by atoms with E-state index in [0.717, 1.165) is 17.3 Å². The Morgan fingerprint density at radius 3 is 2.75 bits per heavy atom. The molecule has 0 saturated heterocycles. The van der Waals surface area contributed by atoms with Gasteiger partial charge >= 0.3 is 5.97 Å². The molecule has 0 amide bonds. The van der Waals surface area contributed by atoms with Crippen molar-refractivity contribution in [1.82, 2.24) is 9.97 Å². The standard InChI is InChI=1S/C17H20N2O4S/c1-3-23-16(21)12(2)24-17-18-14(9-15(20)19-17)11-22-10-13-7-5-4-6-8-13/h4-9,12H,3,10-11H2,1-2H3,(H,18,19,20). The molecule has 128 valence electrons. The topological polar surface area (TPSA) is 81.3 Å². The molecule has 0 aliphatic heterocycles. The van der Waals surface area contributed by atoms with E-state index >= 15 is 0 Å². The van der Waals surface area contributed by atoms with Gasteiger partial charge in [-0.25, -0.2) is 4.98 Å². The lowest BCUT2D eigenvalue weighted by atomic mass is 10.2. The first-order valence-corrected chi connectivity index (χ1v) is 8.51. The Morgan fingerprint density at radius 1 is 1.29 bits per heavy atom. The highest BCUT2D eigenvalue weighted by Crippen LogP contribution is 2.19. The molecule has 0 aliphatic rings. The molecular formula is C17H20N2O4S. The van der Waals surface area contributed by atoms with Gasteiger partial charge in [0.2, 0.25) is 0 Å². The van der Waals surface area contributed by atoms with Gasteiger partial charge in [-0.2, -0.15) is 0 Å². The van der Waals surface area contributed by atoms with Gasteiger partial charge in [-0.15, -0.1) is 0 Å². The fourth-order valence-corrected chi connectivity index (χ4v) is 2.76. The first kappa shape index (κ1) is 18.2. The molecule has 0 radical (unpaired) electrons. The molecular weight excluding hydrogens is 328 g/mol. The molecule has 24 heavy (non-hydrogen) atoms. The van der Waals surface area contributed by atoms with Crippen LogP contribution in [-0.2, 0) is 27.5 Å². The highest BCUT2D eigenvalue weighted by molar-refractivity contribution is 8.00. The normalized spacial score (nSPS) is 11.9. The van der Waals surface area contributed by atoms with Gasteiger partial charge < -0.3 is 14.5 Å². The zero-order chi connectivity index (χ0) is 17.4. The smallest absolute Gasteiger partial charge is 0.319 e. The van der Waals surface area contributed by atoms with Crippen molar-refractivity contribution in [2.24, 2.45) is 0 Å². The molecule has 1 aromatic carbocycles. The number of hydrogen-bond acceptors (Lipinski definition) is 6. The van der Waals surface area contributed by atoms with Crippen LogP contribution in [0.1, 0.15) is 25.1 Å². The van der Waals surface area contributed by atoms with Gasteiger partial charge in [0.1, 0.15) is 5.25 Å².